The molecule has 74 valence electrons. The molecule has 3 nitrogen and oxygen atoms in total. The van der Waals surface area contributed by atoms with Gasteiger partial charge in [-0.05, 0) is 23.6 Å². The largest absolute Gasteiger partial charge is 0.392 e. The van der Waals surface area contributed by atoms with Gasteiger partial charge >= 0.3 is 0 Å². The maximum atomic E-state index is 9.22. The van der Waals surface area contributed by atoms with Gasteiger partial charge in [-0.3, -0.25) is 0 Å². The summed E-state index contributed by atoms with van der Waals surface area (Å²) in [6.07, 6.45) is 3.66. The third-order valence-electron chi connectivity index (χ3n) is 2.44. The van der Waals surface area contributed by atoms with Gasteiger partial charge in [0.25, 0.3) is 0 Å². The first-order chi connectivity index (χ1) is 6.74. The van der Waals surface area contributed by atoms with E-state index in [2.05, 4.69) is 18.9 Å². The molecule has 2 aromatic heterocycles. The molecule has 0 unspecified atom stereocenters. The van der Waals surface area contributed by atoms with Gasteiger partial charge in [0.15, 0.2) is 0 Å². The average molecular weight is 190 g/mol. The van der Waals surface area contributed by atoms with Crippen LogP contribution in [0.5, 0.6) is 0 Å². The third kappa shape index (κ3) is 1.30. The second-order valence-electron chi connectivity index (χ2n) is 3.73. The van der Waals surface area contributed by atoms with Crippen molar-refractivity contribution in [1.29, 1.82) is 0 Å². The van der Waals surface area contributed by atoms with E-state index >= 15 is 0 Å². The maximum Gasteiger partial charge on any atom is 0.0701 e. The second-order valence-corrected chi connectivity index (χ2v) is 3.73. The minimum absolute atomic E-state index is 0.0577. The summed E-state index contributed by atoms with van der Waals surface area (Å²) in [5, 5.41) is 13.4. The molecule has 0 aliphatic heterocycles. The highest BCUT2D eigenvalue weighted by atomic mass is 16.3. The summed E-state index contributed by atoms with van der Waals surface area (Å²) in [6.45, 7) is 4.31. The van der Waals surface area contributed by atoms with Gasteiger partial charge in [-0.25, -0.2) is 4.52 Å². The van der Waals surface area contributed by atoms with Gasteiger partial charge in [-0.2, -0.15) is 5.10 Å². The number of nitrogens with zero attached hydrogens (tertiary/aromatic N) is 2. The molecular weight excluding hydrogens is 176 g/mol. The molecule has 0 aliphatic carbocycles. The van der Waals surface area contributed by atoms with Crippen LogP contribution in [0.25, 0.3) is 5.52 Å². The van der Waals surface area contributed by atoms with Gasteiger partial charge in [0, 0.05) is 11.8 Å². The predicted octanol–water partition coefficient (Wildman–Crippen LogP) is 1.95. The lowest BCUT2D eigenvalue weighted by atomic mass is 9.99. The lowest BCUT2D eigenvalue weighted by Crippen LogP contribution is -2.02. The number of hydrogen-bond acceptors (Lipinski definition) is 2. The fraction of sp³-hybridized carbons (Fsp3) is 0.364. The van der Waals surface area contributed by atoms with Crippen LogP contribution in [0, 0.1) is 0 Å². The van der Waals surface area contributed by atoms with Crippen LogP contribution in [0.2, 0.25) is 0 Å². The molecule has 0 spiro atoms. The summed E-state index contributed by atoms with van der Waals surface area (Å²) in [5.74, 6) is 0.401. The monoisotopic (exact) mass is 190 g/mol. The molecule has 0 amide bonds. The first kappa shape index (κ1) is 9.21. The van der Waals surface area contributed by atoms with Crippen molar-refractivity contribution in [2.24, 2.45) is 0 Å². The fourth-order valence-electron chi connectivity index (χ4n) is 1.84. The van der Waals surface area contributed by atoms with E-state index in [0.29, 0.717) is 5.92 Å². The molecule has 2 aromatic rings. The van der Waals surface area contributed by atoms with E-state index in [1.165, 1.54) is 5.56 Å². The molecule has 0 atom stereocenters. The zero-order chi connectivity index (χ0) is 10.1. The van der Waals surface area contributed by atoms with Crippen LogP contribution in [-0.4, -0.2) is 14.7 Å². The lowest BCUT2D eigenvalue weighted by molar-refractivity contribution is 0.279. The Hall–Kier alpha value is -1.35. The summed E-state index contributed by atoms with van der Waals surface area (Å²) in [7, 11) is 0. The molecule has 3 heteroatoms. The lowest BCUT2D eigenvalue weighted by Gasteiger charge is -2.12. The molecule has 0 radical (unpaired) electrons. The van der Waals surface area contributed by atoms with E-state index in [4.69, 9.17) is 0 Å². The normalized spacial score (nSPS) is 11.4. The predicted molar refractivity (Wildman–Crippen MR) is 55.2 cm³/mol. The number of rotatable bonds is 2. The van der Waals surface area contributed by atoms with E-state index in [-0.39, 0.29) is 6.61 Å². The molecule has 0 aliphatic rings. The van der Waals surface area contributed by atoms with Crippen molar-refractivity contribution >= 4 is 5.52 Å². The van der Waals surface area contributed by atoms with Crippen molar-refractivity contribution in [3.63, 3.8) is 0 Å². The van der Waals surface area contributed by atoms with Crippen LogP contribution in [-0.2, 0) is 6.61 Å². The number of aromatic nitrogens is 2. The molecule has 0 fully saturated rings. The molecule has 2 heterocycles. The zero-order valence-corrected chi connectivity index (χ0v) is 8.44. The molecule has 2 rings (SSSR count). The Morgan fingerprint density at radius 2 is 2.29 bits per heavy atom. The molecule has 0 aromatic carbocycles. The molecule has 0 saturated carbocycles. The van der Waals surface area contributed by atoms with Crippen molar-refractivity contribution in [2.45, 2.75) is 26.4 Å². The van der Waals surface area contributed by atoms with Crippen molar-refractivity contribution < 1.29 is 5.11 Å². The molecular formula is C11H14N2O. The van der Waals surface area contributed by atoms with Crippen LogP contribution in [0.4, 0.5) is 0 Å². The van der Waals surface area contributed by atoms with Crippen LogP contribution < -0.4 is 0 Å². The average Bonchev–Trinajstić information content (AvgIpc) is 2.62. The standard InChI is InChI=1S/C11H14N2O/c1-8(2)11-9(7-14)6-12-13-5-3-4-10(11)13/h3-6,8,14H,7H2,1-2H3. The van der Waals surface area contributed by atoms with Crippen molar-refractivity contribution in [1.82, 2.24) is 9.61 Å². The topological polar surface area (TPSA) is 37.5 Å². The van der Waals surface area contributed by atoms with Crippen molar-refractivity contribution in [3.05, 3.63) is 35.7 Å². The Bertz CT molecular complexity index is 445. The number of aliphatic hydroxyl groups excluding tert-OH is 1. The third-order valence-corrected chi connectivity index (χ3v) is 2.44. The number of hydrogen-bond donors (Lipinski definition) is 1. The Kier molecular flexibility index (Phi) is 2.25. The molecule has 0 saturated heterocycles. The van der Waals surface area contributed by atoms with Crippen LogP contribution in [0.15, 0.2) is 24.5 Å². The summed E-state index contributed by atoms with van der Waals surface area (Å²) < 4.78 is 1.84. The molecule has 1 N–H and O–H groups in total. The van der Waals surface area contributed by atoms with Crippen molar-refractivity contribution in [3.8, 4) is 0 Å². The summed E-state index contributed by atoms with van der Waals surface area (Å²) in [4.78, 5) is 0. The quantitative estimate of drug-likeness (QED) is 0.786. The first-order valence-corrected chi connectivity index (χ1v) is 4.80. The SMILES string of the molecule is CC(C)c1c(CO)cnn2cccc12. The molecule has 14 heavy (non-hydrogen) atoms. The highest BCUT2D eigenvalue weighted by Gasteiger charge is 2.11. The van der Waals surface area contributed by atoms with E-state index in [0.717, 1.165) is 11.1 Å². The van der Waals surface area contributed by atoms with Gasteiger partial charge in [-0.15, -0.1) is 0 Å². The Morgan fingerprint density at radius 1 is 1.50 bits per heavy atom. The highest BCUT2D eigenvalue weighted by molar-refractivity contribution is 5.58. The van der Waals surface area contributed by atoms with Gasteiger partial charge in [0.1, 0.15) is 0 Å². The van der Waals surface area contributed by atoms with E-state index in [1.807, 2.05) is 22.8 Å². The van der Waals surface area contributed by atoms with Crippen LogP contribution in [0.1, 0.15) is 30.9 Å². The highest BCUT2D eigenvalue weighted by Crippen LogP contribution is 2.24. The Balaban J connectivity index is 2.75. The van der Waals surface area contributed by atoms with Crippen LogP contribution in [0.3, 0.4) is 0 Å². The smallest absolute Gasteiger partial charge is 0.0701 e. The summed E-state index contributed by atoms with van der Waals surface area (Å²) in [5.41, 5.74) is 3.20. The summed E-state index contributed by atoms with van der Waals surface area (Å²) in [6, 6.07) is 4.00. The van der Waals surface area contributed by atoms with Gasteiger partial charge in [0.2, 0.25) is 0 Å². The van der Waals surface area contributed by atoms with Gasteiger partial charge < -0.3 is 5.11 Å². The molecule has 0 bridgehead atoms. The Morgan fingerprint density at radius 3 is 2.93 bits per heavy atom. The first-order valence-electron chi connectivity index (χ1n) is 4.80. The van der Waals surface area contributed by atoms with Crippen molar-refractivity contribution in [2.75, 3.05) is 0 Å². The number of fused-ring (bicyclic) bond motifs is 1. The fourth-order valence-corrected chi connectivity index (χ4v) is 1.84. The van der Waals surface area contributed by atoms with Gasteiger partial charge in [-0.1, -0.05) is 13.8 Å². The van der Waals surface area contributed by atoms with E-state index in [1.54, 1.807) is 6.20 Å². The van der Waals surface area contributed by atoms with E-state index < -0.39 is 0 Å². The number of aliphatic hydroxyl groups is 1. The Labute approximate surface area is 83.0 Å². The van der Waals surface area contributed by atoms with E-state index in [9.17, 15) is 5.11 Å². The summed E-state index contributed by atoms with van der Waals surface area (Å²) >= 11 is 0. The minimum atomic E-state index is 0.0577. The second kappa shape index (κ2) is 3.42. The van der Waals surface area contributed by atoms with Crippen LogP contribution >= 0.6 is 0 Å². The maximum absolute atomic E-state index is 9.22. The minimum Gasteiger partial charge on any atom is -0.392 e. The zero-order valence-electron chi connectivity index (χ0n) is 8.44. The van der Waals surface area contributed by atoms with Gasteiger partial charge in [0.05, 0.1) is 18.3 Å².